The summed E-state index contributed by atoms with van der Waals surface area (Å²) in [5.74, 6) is 2.95. The molecule has 0 saturated carbocycles. The lowest BCUT2D eigenvalue weighted by molar-refractivity contribution is 0.225. The van der Waals surface area contributed by atoms with Crippen LogP contribution in [0.3, 0.4) is 0 Å². The van der Waals surface area contributed by atoms with Crippen molar-refractivity contribution < 1.29 is 4.74 Å². The molecular formula is C51H34N4O. The first-order valence-electron chi connectivity index (χ1n) is 19.0. The summed E-state index contributed by atoms with van der Waals surface area (Å²) in [6.07, 6.45) is 4.48. The molecule has 0 amide bonds. The summed E-state index contributed by atoms with van der Waals surface area (Å²) in [5.41, 5.74) is 13.2. The number of hydrogen-bond acceptors (Lipinski definition) is 4. The smallest absolute Gasteiger partial charge is 0.164 e. The lowest BCUT2D eigenvalue weighted by atomic mass is 9.85. The van der Waals surface area contributed by atoms with E-state index >= 15 is 0 Å². The second-order valence-electron chi connectivity index (χ2n) is 14.3. The van der Waals surface area contributed by atoms with Crippen molar-refractivity contribution in [3.63, 3.8) is 0 Å². The number of nitrogens with zero attached hydrogens (tertiary/aromatic N) is 4. The van der Waals surface area contributed by atoms with Gasteiger partial charge >= 0.3 is 0 Å². The number of para-hydroxylation sites is 3. The van der Waals surface area contributed by atoms with Crippen LogP contribution in [0.4, 0.5) is 0 Å². The molecule has 0 saturated heterocycles. The average molecular weight is 719 g/mol. The normalized spacial score (nSPS) is 15.2. The molecule has 1 aliphatic carbocycles. The van der Waals surface area contributed by atoms with Crippen LogP contribution in [0.1, 0.15) is 28.8 Å². The van der Waals surface area contributed by atoms with Gasteiger partial charge in [-0.25, -0.2) is 15.0 Å². The molecule has 1 aliphatic heterocycles. The summed E-state index contributed by atoms with van der Waals surface area (Å²) in [6.45, 7) is 0. The third-order valence-corrected chi connectivity index (χ3v) is 11.0. The van der Waals surface area contributed by atoms with Crippen LogP contribution in [0.15, 0.2) is 188 Å². The lowest BCUT2D eigenvalue weighted by Gasteiger charge is -2.22. The minimum atomic E-state index is -0.124. The predicted octanol–water partition coefficient (Wildman–Crippen LogP) is 12.4. The Hall–Kier alpha value is -7.37. The maximum Gasteiger partial charge on any atom is 0.164 e. The molecule has 0 bridgehead atoms. The monoisotopic (exact) mass is 718 g/mol. The Morgan fingerprint density at radius 3 is 1.79 bits per heavy atom. The van der Waals surface area contributed by atoms with Crippen LogP contribution in [0, 0.1) is 0 Å². The van der Waals surface area contributed by atoms with Crippen molar-refractivity contribution in [2.24, 2.45) is 0 Å². The number of hydrogen-bond donors (Lipinski definition) is 0. The minimum absolute atomic E-state index is 0.118. The molecule has 2 aliphatic rings. The Morgan fingerprint density at radius 2 is 1.04 bits per heavy atom. The van der Waals surface area contributed by atoms with Crippen LogP contribution in [0.25, 0.3) is 79.1 Å². The maximum absolute atomic E-state index is 7.07. The molecule has 0 fully saturated rings. The van der Waals surface area contributed by atoms with Crippen molar-refractivity contribution in [2.75, 3.05) is 0 Å². The molecule has 5 nitrogen and oxygen atoms in total. The van der Waals surface area contributed by atoms with E-state index in [1.54, 1.807) is 0 Å². The van der Waals surface area contributed by atoms with E-state index in [-0.39, 0.29) is 12.0 Å². The van der Waals surface area contributed by atoms with Crippen LogP contribution in [-0.2, 0) is 0 Å². The quantitative estimate of drug-likeness (QED) is 0.172. The molecular weight excluding hydrogens is 685 g/mol. The van der Waals surface area contributed by atoms with E-state index in [2.05, 4.69) is 162 Å². The largest absolute Gasteiger partial charge is 0.484 e. The van der Waals surface area contributed by atoms with Gasteiger partial charge < -0.3 is 9.30 Å². The summed E-state index contributed by atoms with van der Waals surface area (Å²) in [7, 11) is 0. The van der Waals surface area contributed by atoms with E-state index in [0.29, 0.717) is 17.5 Å². The second-order valence-corrected chi connectivity index (χ2v) is 14.3. The van der Waals surface area contributed by atoms with Gasteiger partial charge in [0.2, 0.25) is 0 Å². The van der Waals surface area contributed by atoms with E-state index in [1.165, 1.54) is 27.7 Å². The second kappa shape index (κ2) is 13.2. The van der Waals surface area contributed by atoms with Gasteiger partial charge in [0.25, 0.3) is 0 Å². The van der Waals surface area contributed by atoms with Crippen molar-refractivity contribution in [1.82, 2.24) is 19.5 Å². The highest BCUT2D eigenvalue weighted by Crippen LogP contribution is 2.55. The topological polar surface area (TPSA) is 52.8 Å². The third-order valence-electron chi connectivity index (χ3n) is 11.0. The first-order valence-corrected chi connectivity index (χ1v) is 19.0. The van der Waals surface area contributed by atoms with Crippen LogP contribution in [-0.4, -0.2) is 19.5 Å². The number of ether oxygens (including phenoxy) is 1. The predicted molar refractivity (Wildman–Crippen MR) is 225 cm³/mol. The average Bonchev–Trinajstić information content (AvgIpc) is 3.83. The van der Waals surface area contributed by atoms with E-state index in [1.807, 2.05) is 36.4 Å². The first-order chi connectivity index (χ1) is 27.8. The fraction of sp³-hybridized carbons (Fsp3) is 0.0392. The summed E-state index contributed by atoms with van der Waals surface area (Å²) in [4.78, 5) is 15.0. The van der Waals surface area contributed by atoms with E-state index in [4.69, 9.17) is 19.7 Å². The van der Waals surface area contributed by atoms with Crippen LogP contribution < -0.4 is 4.74 Å². The zero-order valence-corrected chi connectivity index (χ0v) is 30.3. The summed E-state index contributed by atoms with van der Waals surface area (Å²) in [5, 5.41) is 1.22. The number of fused-ring (bicyclic) bond motifs is 7. The summed E-state index contributed by atoms with van der Waals surface area (Å²) < 4.78 is 9.43. The highest BCUT2D eigenvalue weighted by molar-refractivity contribution is 5.92. The highest BCUT2D eigenvalue weighted by Gasteiger charge is 2.41. The minimum Gasteiger partial charge on any atom is -0.484 e. The highest BCUT2D eigenvalue weighted by atomic mass is 16.5. The molecule has 2 aromatic heterocycles. The van der Waals surface area contributed by atoms with Crippen molar-refractivity contribution in [2.45, 2.75) is 12.0 Å². The number of aromatic nitrogens is 4. The molecule has 11 rings (SSSR count). The van der Waals surface area contributed by atoms with Gasteiger partial charge in [0, 0.05) is 50.4 Å². The fourth-order valence-corrected chi connectivity index (χ4v) is 8.40. The zero-order chi connectivity index (χ0) is 37.0. The van der Waals surface area contributed by atoms with Crippen LogP contribution >= 0.6 is 0 Å². The first kappa shape index (κ1) is 32.1. The molecule has 0 N–H and O–H groups in total. The van der Waals surface area contributed by atoms with Gasteiger partial charge in [-0.1, -0.05) is 164 Å². The van der Waals surface area contributed by atoms with Crippen molar-refractivity contribution in [3.05, 3.63) is 205 Å². The maximum atomic E-state index is 7.07. The molecule has 9 aromatic rings. The Labute approximate surface area is 324 Å². The van der Waals surface area contributed by atoms with Crippen LogP contribution in [0.2, 0.25) is 0 Å². The Bertz CT molecular complexity index is 2940. The van der Waals surface area contributed by atoms with Gasteiger partial charge in [-0.3, -0.25) is 0 Å². The van der Waals surface area contributed by atoms with Gasteiger partial charge in [0.15, 0.2) is 17.5 Å². The number of benzene rings is 7. The van der Waals surface area contributed by atoms with Crippen molar-refractivity contribution in [3.8, 4) is 67.9 Å². The molecule has 0 spiro atoms. The zero-order valence-electron chi connectivity index (χ0n) is 30.3. The van der Waals surface area contributed by atoms with Gasteiger partial charge in [-0.15, -0.1) is 0 Å². The Kier molecular flexibility index (Phi) is 7.56. The molecule has 3 heterocycles. The summed E-state index contributed by atoms with van der Waals surface area (Å²) >= 11 is 0. The third kappa shape index (κ3) is 5.36. The molecule has 5 heteroatoms. The van der Waals surface area contributed by atoms with Gasteiger partial charge in [0.1, 0.15) is 11.9 Å². The molecule has 56 heavy (non-hydrogen) atoms. The SMILES string of the molecule is C1=CC2c3cccc(-c4ccc(-c5nc(-c6ccccc6)nc(-c6cccc(-c7ccccc7)c6)n5)cc4)c3OC2c2c1n(-c1ccccc1)c1ccccc21. The van der Waals surface area contributed by atoms with Gasteiger partial charge in [0.05, 0.1) is 11.2 Å². The van der Waals surface area contributed by atoms with E-state index in [0.717, 1.165) is 50.4 Å². The number of rotatable bonds is 6. The fourth-order valence-electron chi connectivity index (χ4n) is 8.40. The molecule has 2 unspecified atom stereocenters. The summed E-state index contributed by atoms with van der Waals surface area (Å²) in [6, 6.07) is 63.2. The lowest BCUT2D eigenvalue weighted by Crippen LogP contribution is -2.13. The Morgan fingerprint density at radius 1 is 0.464 bits per heavy atom. The van der Waals surface area contributed by atoms with E-state index in [9.17, 15) is 0 Å². The molecule has 0 radical (unpaired) electrons. The standard InChI is InChI=1S/C51H34N4O/c1-4-14-33(15-5-1)37-18-12-19-38(32-37)51-53-49(35-16-6-2-7-17-35)52-50(54-51)36-28-26-34(27-29-36)40-23-13-24-41-42-30-31-45-46(48(42)56-47(40)41)43-22-10-11-25-44(43)55(45)39-20-8-3-9-21-39/h1-32,42,48H. The Balaban J connectivity index is 0.963. The van der Waals surface area contributed by atoms with Crippen LogP contribution in [0.5, 0.6) is 5.75 Å². The van der Waals surface area contributed by atoms with Crippen molar-refractivity contribution in [1.29, 1.82) is 0 Å². The molecule has 264 valence electrons. The van der Waals surface area contributed by atoms with Gasteiger partial charge in [-0.05, 0) is 47.0 Å². The van der Waals surface area contributed by atoms with Crippen molar-refractivity contribution >= 4 is 17.0 Å². The molecule has 7 aromatic carbocycles. The molecule has 2 atom stereocenters. The van der Waals surface area contributed by atoms with Gasteiger partial charge in [-0.2, -0.15) is 0 Å². The van der Waals surface area contributed by atoms with E-state index < -0.39 is 0 Å².